The van der Waals surface area contributed by atoms with Crippen LogP contribution in [0.15, 0.2) is 18.2 Å². The van der Waals surface area contributed by atoms with E-state index in [2.05, 4.69) is 0 Å². The van der Waals surface area contributed by atoms with Gasteiger partial charge < -0.3 is 5.11 Å². The van der Waals surface area contributed by atoms with Gasteiger partial charge in [0, 0.05) is 0 Å². The van der Waals surface area contributed by atoms with E-state index in [4.69, 9.17) is 5.11 Å². The van der Waals surface area contributed by atoms with Gasteiger partial charge in [0.1, 0.15) is 5.82 Å². The second-order valence-corrected chi connectivity index (χ2v) is 4.53. The number of carboxylic acid groups (broad SMARTS) is 1. The van der Waals surface area contributed by atoms with Gasteiger partial charge in [0.25, 0.3) is 0 Å². The fourth-order valence-electron chi connectivity index (χ4n) is 1.74. The third-order valence-corrected chi connectivity index (χ3v) is 2.59. The number of carboxylic acids is 1. The fourth-order valence-corrected chi connectivity index (χ4v) is 1.74. The lowest BCUT2D eigenvalue weighted by atomic mass is 9.89. The highest BCUT2D eigenvalue weighted by Crippen LogP contribution is 2.25. The van der Waals surface area contributed by atoms with Crippen LogP contribution < -0.4 is 0 Å². The maximum atomic E-state index is 13.1. The molecule has 3 heteroatoms. The molecule has 0 fully saturated rings. The summed E-state index contributed by atoms with van der Waals surface area (Å²) in [6, 6.07) is 4.51. The predicted octanol–water partition coefficient (Wildman–Crippen LogP) is 3.35. The van der Waals surface area contributed by atoms with E-state index in [1.165, 1.54) is 6.07 Å². The Bertz CT molecular complexity index is 386. The van der Waals surface area contributed by atoms with Gasteiger partial charge in [0.05, 0.1) is 5.92 Å². The Kier molecular flexibility index (Phi) is 4.05. The van der Waals surface area contributed by atoms with Crippen LogP contribution in [0.1, 0.15) is 37.3 Å². The fraction of sp³-hybridized carbons (Fsp3) is 0.462. The molecule has 0 radical (unpaired) electrons. The van der Waals surface area contributed by atoms with E-state index < -0.39 is 11.9 Å². The number of halogens is 1. The average molecular weight is 224 g/mol. The Balaban J connectivity index is 3.01. The molecule has 2 nitrogen and oxygen atoms in total. The molecule has 1 atom stereocenters. The van der Waals surface area contributed by atoms with Crippen LogP contribution in [-0.2, 0) is 4.79 Å². The van der Waals surface area contributed by atoms with Crippen LogP contribution in [0.25, 0.3) is 0 Å². The molecule has 0 aromatic heterocycles. The van der Waals surface area contributed by atoms with E-state index in [1.54, 1.807) is 19.1 Å². The van der Waals surface area contributed by atoms with Crippen molar-refractivity contribution >= 4 is 5.97 Å². The molecule has 0 aliphatic heterocycles. The smallest absolute Gasteiger partial charge is 0.310 e. The van der Waals surface area contributed by atoms with Crippen molar-refractivity contribution in [3.8, 4) is 0 Å². The summed E-state index contributed by atoms with van der Waals surface area (Å²) in [6.45, 7) is 5.60. The summed E-state index contributed by atoms with van der Waals surface area (Å²) in [4.78, 5) is 11.1. The van der Waals surface area contributed by atoms with Crippen LogP contribution in [0.2, 0.25) is 0 Å². The minimum Gasteiger partial charge on any atom is -0.481 e. The Labute approximate surface area is 95.1 Å². The van der Waals surface area contributed by atoms with Crippen LogP contribution in [-0.4, -0.2) is 11.1 Å². The first-order chi connectivity index (χ1) is 7.41. The molecule has 0 bridgehead atoms. The Hall–Kier alpha value is -1.38. The maximum Gasteiger partial charge on any atom is 0.310 e. The van der Waals surface area contributed by atoms with Crippen molar-refractivity contribution < 1.29 is 14.3 Å². The van der Waals surface area contributed by atoms with Crippen LogP contribution in [0.3, 0.4) is 0 Å². The van der Waals surface area contributed by atoms with Crippen molar-refractivity contribution in [2.45, 2.75) is 33.1 Å². The topological polar surface area (TPSA) is 37.3 Å². The summed E-state index contributed by atoms with van der Waals surface area (Å²) in [6.07, 6.45) is 0.570. The van der Waals surface area contributed by atoms with E-state index in [-0.39, 0.29) is 5.82 Å². The largest absolute Gasteiger partial charge is 0.481 e. The van der Waals surface area contributed by atoms with Crippen molar-refractivity contribution in [1.29, 1.82) is 0 Å². The van der Waals surface area contributed by atoms with Crippen LogP contribution in [0.4, 0.5) is 4.39 Å². The molecule has 1 aromatic rings. The molecular weight excluding hydrogens is 207 g/mol. The number of carbonyl (C=O) groups is 1. The minimum absolute atomic E-state index is 0.294. The monoisotopic (exact) mass is 224 g/mol. The van der Waals surface area contributed by atoms with Crippen molar-refractivity contribution in [3.05, 3.63) is 35.1 Å². The second kappa shape index (κ2) is 5.10. The summed E-state index contributed by atoms with van der Waals surface area (Å²) >= 11 is 0. The van der Waals surface area contributed by atoms with E-state index in [9.17, 15) is 9.18 Å². The normalized spacial score (nSPS) is 12.8. The summed E-state index contributed by atoms with van der Waals surface area (Å²) in [7, 11) is 0. The lowest BCUT2D eigenvalue weighted by molar-refractivity contribution is -0.139. The van der Waals surface area contributed by atoms with Crippen molar-refractivity contribution in [2.75, 3.05) is 0 Å². The zero-order valence-corrected chi connectivity index (χ0v) is 9.83. The third kappa shape index (κ3) is 3.05. The molecule has 0 aliphatic rings. The van der Waals surface area contributed by atoms with Gasteiger partial charge in [-0.3, -0.25) is 4.79 Å². The summed E-state index contributed by atoms with van der Waals surface area (Å²) in [5.74, 6) is -1.39. The number of aryl methyl sites for hydroxylation is 1. The first kappa shape index (κ1) is 12.7. The predicted molar refractivity (Wildman–Crippen MR) is 61.0 cm³/mol. The lowest BCUT2D eigenvalue weighted by Gasteiger charge is -2.15. The molecule has 0 aliphatic carbocycles. The number of rotatable bonds is 4. The zero-order chi connectivity index (χ0) is 12.3. The quantitative estimate of drug-likeness (QED) is 0.851. The average Bonchev–Trinajstić information content (AvgIpc) is 2.18. The Morgan fingerprint density at radius 1 is 1.44 bits per heavy atom. The second-order valence-electron chi connectivity index (χ2n) is 4.53. The van der Waals surface area contributed by atoms with Crippen molar-refractivity contribution in [1.82, 2.24) is 0 Å². The van der Waals surface area contributed by atoms with Gasteiger partial charge in [-0.25, -0.2) is 4.39 Å². The van der Waals surface area contributed by atoms with E-state index in [0.717, 1.165) is 0 Å². The molecule has 88 valence electrons. The van der Waals surface area contributed by atoms with Gasteiger partial charge >= 0.3 is 5.97 Å². The van der Waals surface area contributed by atoms with Gasteiger partial charge in [-0.15, -0.1) is 0 Å². The van der Waals surface area contributed by atoms with E-state index in [0.29, 0.717) is 23.5 Å². The van der Waals surface area contributed by atoms with Gasteiger partial charge in [0.15, 0.2) is 0 Å². The maximum absolute atomic E-state index is 13.1. The van der Waals surface area contributed by atoms with Gasteiger partial charge in [-0.05, 0) is 36.5 Å². The number of benzene rings is 1. The summed E-state index contributed by atoms with van der Waals surface area (Å²) < 4.78 is 13.1. The first-order valence-corrected chi connectivity index (χ1v) is 5.40. The van der Waals surface area contributed by atoms with Crippen LogP contribution in [0, 0.1) is 18.7 Å². The first-order valence-electron chi connectivity index (χ1n) is 5.40. The molecule has 0 spiro atoms. The Morgan fingerprint density at radius 2 is 2.06 bits per heavy atom. The number of hydrogen-bond donors (Lipinski definition) is 1. The lowest BCUT2D eigenvalue weighted by Crippen LogP contribution is -2.14. The molecule has 1 N–H and O–H groups in total. The van der Waals surface area contributed by atoms with Crippen LogP contribution >= 0.6 is 0 Å². The van der Waals surface area contributed by atoms with Gasteiger partial charge in [0.2, 0.25) is 0 Å². The van der Waals surface area contributed by atoms with E-state index in [1.807, 2.05) is 13.8 Å². The zero-order valence-electron chi connectivity index (χ0n) is 9.83. The summed E-state index contributed by atoms with van der Waals surface area (Å²) in [5.41, 5.74) is 1.17. The third-order valence-electron chi connectivity index (χ3n) is 2.59. The van der Waals surface area contributed by atoms with E-state index >= 15 is 0 Å². The van der Waals surface area contributed by atoms with Gasteiger partial charge in [-0.2, -0.15) is 0 Å². The summed E-state index contributed by atoms with van der Waals surface area (Å²) in [5, 5.41) is 9.14. The highest BCUT2D eigenvalue weighted by Gasteiger charge is 2.21. The highest BCUT2D eigenvalue weighted by molar-refractivity contribution is 5.76. The highest BCUT2D eigenvalue weighted by atomic mass is 19.1. The van der Waals surface area contributed by atoms with Crippen molar-refractivity contribution in [2.24, 2.45) is 5.92 Å². The molecule has 1 rings (SSSR count). The van der Waals surface area contributed by atoms with Gasteiger partial charge in [-0.1, -0.05) is 26.0 Å². The SMILES string of the molecule is Cc1cc(C(CC(C)C)C(=O)O)ccc1F. The van der Waals surface area contributed by atoms with Crippen molar-refractivity contribution in [3.63, 3.8) is 0 Å². The molecule has 0 heterocycles. The minimum atomic E-state index is -0.847. The molecular formula is C13H17FO2. The standard InChI is InChI=1S/C13H17FO2/c1-8(2)6-11(13(15)16)10-4-5-12(14)9(3)7-10/h4-5,7-8,11H,6H2,1-3H3,(H,15,16). The number of aliphatic carboxylic acids is 1. The number of hydrogen-bond acceptors (Lipinski definition) is 1. The molecule has 0 saturated carbocycles. The molecule has 1 aromatic carbocycles. The van der Waals surface area contributed by atoms with Crippen LogP contribution in [0.5, 0.6) is 0 Å². The molecule has 16 heavy (non-hydrogen) atoms. The molecule has 0 saturated heterocycles. The molecule has 0 amide bonds. The molecule has 1 unspecified atom stereocenters. The Morgan fingerprint density at radius 3 is 2.50 bits per heavy atom.